The molecule has 0 amide bonds. The van der Waals surface area contributed by atoms with Crippen molar-refractivity contribution in [1.29, 1.82) is 0 Å². The minimum atomic E-state index is -0.807. The van der Waals surface area contributed by atoms with Gasteiger partial charge >= 0.3 is 0 Å². The lowest BCUT2D eigenvalue weighted by Crippen LogP contribution is -2.38. The third kappa shape index (κ3) is 2.93. The van der Waals surface area contributed by atoms with E-state index < -0.39 is 5.60 Å². The zero-order valence-corrected chi connectivity index (χ0v) is 10.4. The summed E-state index contributed by atoms with van der Waals surface area (Å²) in [6.07, 6.45) is 0.490. The Kier molecular flexibility index (Phi) is 3.76. The fraction of sp³-hybridized carbons (Fsp3) is 0.700. The minimum Gasteiger partial charge on any atom is -0.388 e. The van der Waals surface area contributed by atoms with Crippen molar-refractivity contribution >= 4 is 11.6 Å². The van der Waals surface area contributed by atoms with Crippen LogP contribution in [0.2, 0.25) is 5.02 Å². The van der Waals surface area contributed by atoms with Gasteiger partial charge in [0.2, 0.25) is 0 Å². The number of halogens is 1. The molecule has 0 radical (unpaired) electrons. The molecule has 1 atom stereocenters. The summed E-state index contributed by atoms with van der Waals surface area (Å²) in [5, 5.41) is 17.9. The van der Waals surface area contributed by atoms with Crippen LogP contribution in [0.5, 0.6) is 0 Å². The number of hydrogen-bond acceptors (Lipinski definition) is 3. The summed E-state index contributed by atoms with van der Waals surface area (Å²) >= 11 is 6.11. The van der Waals surface area contributed by atoms with Gasteiger partial charge in [-0.15, -0.1) is 0 Å². The molecular formula is C10H18ClN3O. The maximum absolute atomic E-state index is 10.1. The van der Waals surface area contributed by atoms with Crippen molar-refractivity contribution < 1.29 is 5.11 Å². The molecule has 2 N–H and O–H groups in total. The first-order valence-electron chi connectivity index (χ1n) is 4.92. The number of nitrogens with one attached hydrogen (secondary N) is 1. The predicted octanol–water partition coefficient (Wildman–Crippen LogP) is 0.895. The number of rotatable bonds is 4. The molecule has 0 bridgehead atoms. The Morgan fingerprint density at radius 1 is 1.60 bits per heavy atom. The molecule has 0 saturated carbocycles. The fourth-order valence-corrected chi connectivity index (χ4v) is 1.90. The lowest BCUT2D eigenvalue weighted by Gasteiger charge is -2.22. The van der Waals surface area contributed by atoms with E-state index in [0.717, 1.165) is 11.4 Å². The molecule has 86 valence electrons. The lowest BCUT2D eigenvalue weighted by molar-refractivity contribution is 0.0603. The Balaban J connectivity index is 2.89. The summed E-state index contributed by atoms with van der Waals surface area (Å²) < 4.78 is 1.72. The van der Waals surface area contributed by atoms with Crippen molar-refractivity contribution in [2.24, 2.45) is 7.05 Å². The molecule has 0 aliphatic carbocycles. The largest absolute Gasteiger partial charge is 0.388 e. The molecule has 0 aliphatic heterocycles. The summed E-state index contributed by atoms with van der Waals surface area (Å²) in [7, 11) is 3.65. The van der Waals surface area contributed by atoms with Crippen LogP contribution in [0.25, 0.3) is 0 Å². The summed E-state index contributed by atoms with van der Waals surface area (Å²) in [5.41, 5.74) is 0.863. The van der Waals surface area contributed by atoms with Gasteiger partial charge in [0.1, 0.15) is 0 Å². The monoisotopic (exact) mass is 231 g/mol. The van der Waals surface area contributed by atoms with Crippen molar-refractivity contribution in [2.75, 3.05) is 13.6 Å². The maximum atomic E-state index is 10.1. The van der Waals surface area contributed by atoms with Gasteiger partial charge < -0.3 is 10.4 Å². The first-order valence-corrected chi connectivity index (χ1v) is 5.30. The van der Waals surface area contributed by atoms with Gasteiger partial charge in [0.05, 0.1) is 22.0 Å². The molecule has 1 aromatic heterocycles. The zero-order valence-electron chi connectivity index (χ0n) is 9.63. The molecule has 1 rings (SSSR count). The molecule has 4 nitrogen and oxygen atoms in total. The van der Waals surface area contributed by atoms with Gasteiger partial charge in [0.15, 0.2) is 0 Å². The highest BCUT2D eigenvalue weighted by molar-refractivity contribution is 6.31. The van der Waals surface area contributed by atoms with Crippen molar-refractivity contribution in [3.8, 4) is 0 Å². The number of aliphatic hydroxyl groups is 1. The van der Waals surface area contributed by atoms with Gasteiger partial charge in [0.25, 0.3) is 0 Å². The molecule has 0 aliphatic rings. The third-order valence-electron chi connectivity index (χ3n) is 2.37. The summed E-state index contributed by atoms with van der Waals surface area (Å²) in [6, 6.07) is 0. The van der Waals surface area contributed by atoms with Crippen molar-refractivity contribution in [3.63, 3.8) is 0 Å². The van der Waals surface area contributed by atoms with E-state index in [2.05, 4.69) is 10.4 Å². The minimum absolute atomic E-state index is 0.490. The van der Waals surface area contributed by atoms with Gasteiger partial charge in [-0.3, -0.25) is 4.68 Å². The molecule has 15 heavy (non-hydrogen) atoms. The second kappa shape index (κ2) is 4.51. The van der Waals surface area contributed by atoms with E-state index in [9.17, 15) is 5.11 Å². The predicted molar refractivity (Wildman–Crippen MR) is 61.2 cm³/mol. The van der Waals surface area contributed by atoms with Crippen molar-refractivity contribution in [2.45, 2.75) is 25.9 Å². The number of aryl methyl sites for hydroxylation is 2. The highest BCUT2D eigenvalue weighted by Gasteiger charge is 2.24. The van der Waals surface area contributed by atoms with E-state index in [0.29, 0.717) is 18.0 Å². The number of aromatic nitrogens is 2. The van der Waals surface area contributed by atoms with Crippen LogP contribution in [-0.4, -0.2) is 34.1 Å². The average Bonchev–Trinajstić information content (AvgIpc) is 2.32. The van der Waals surface area contributed by atoms with Crippen LogP contribution in [0, 0.1) is 6.92 Å². The fourth-order valence-electron chi connectivity index (χ4n) is 1.68. The molecular weight excluding hydrogens is 214 g/mol. The highest BCUT2D eigenvalue weighted by Crippen LogP contribution is 2.23. The highest BCUT2D eigenvalue weighted by atomic mass is 35.5. The van der Waals surface area contributed by atoms with E-state index in [1.165, 1.54) is 0 Å². The average molecular weight is 232 g/mol. The van der Waals surface area contributed by atoms with Gasteiger partial charge in [-0.05, 0) is 20.9 Å². The first-order chi connectivity index (χ1) is 6.87. The normalized spacial score (nSPS) is 15.3. The SMILES string of the molecule is CNCC(C)(O)Cc1c(Cl)c(C)nn1C. The summed E-state index contributed by atoms with van der Waals surface area (Å²) in [4.78, 5) is 0. The second-order valence-electron chi connectivity index (χ2n) is 4.17. The van der Waals surface area contributed by atoms with Crippen LogP contribution in [-0.2, 0) is 13.5 Å². The zero-order chi connectivity index (χ0) is 11.6. The molecule has 1 heterocycles. The van der Waals surface area contributed by atoms with Crippen molar-refractivity contribution in [3.05, 3.63) is 16.4 Å². The Morgan fingerprint density at radius 3 is 2.60 bits per heavy atom. The molecule has 0 saturated heterocycles. The van der Waals surface area contributed by atoms with Gasteiger partial charge in [0, 0.05) is 20.0 Å². The van der Waals surface area contributed by atoms with Gasteiger partial charge in [-0.2, -0.15) is 5.10 Å². The van der Waals surface area contributed by atoms with E-state index in [4.69, 9.17) is 11.6 Å². The van der Waals surface area contributed by atoms with Crippen LogP contribution in [0.1, 0.15) is 18.3 Å². The number of likely N-dealkylation sites (N-methyl/N-ethyl adjacent to an activating group) is 1. The Labute approximate surface area is 95.2 Å². The smallest absolute Gasteiger partial charge is 0.0848 e. The Morgan fingerprint density at radius 2 is 2.20 bits per heavy atom. The van der Waals surface area contributed by atoms with Crippen LogP contribution in [0.15, 0.2) is 0 Å². The second-order valence-corrected chi connectivity index (χ2v) is 4.55. The lowest BCUT2D eigenvalue weighted by atomic mass is 10.00. The topological polar surface area (TPSA) is 50.1 Å². The maximum Gasteiger partial charge on any atom is 0.0848 e. The summed E-state index contributed by atoms with van der Waals surface area (Å²) in [6.45, 7) is 4.16. The number of nitrogens with zero attached hydrogens (tertiary/aromatic N) is 2. The standard InChI is InChI=1S/C10H18ClN3O/c1-7-9(11)8(14(4)13-7)5-10(2,15)6-12-3/h12,15H,5-6H2,1-4H3. The molecule has 0 aromatic carbocycles. The quantitative estimate of drug-likeness (QED) is 0.810. The summed E-state index contributed by atoms with van der Waals surface area (Å²) in [5.74, 6) is 0. The van der Waals surface area contributed by atoms with Crippen molar-refractivity contribution in [1.82, 2.24) is 15.1 Å². The van der Waals surface area contributed by atoms with E-state index in [1.807, 2.05) is 21.0 Å². The number of hydrogen-bond donors (Lipinski definition) is 2. The van der Waals surface area contributed by atoms with E-state index >= 15 is 0 Å². The van der Waals surface area contributed by atoms with Crippen LogP contribution in [0.3, 0.4) is 0 Å². The van der Waals surface area contributed by atoms with Crippen LogP contribution < -0.4 is 5.32 Å². The molecule has 0 fully saturated rings. The van der Waals surface area contributed by atoms with E-state index in [1.54, 1.807) is 11.6 Å². The molecule has 1 aromatic rings. The Hall–Kier alpha value is -0.580. The third-order valence-corrected chi connectivity index (χ3v) is 2.86. The molecule has 5 heteroatoms. The Bertz CT molecular complexity index is 347. The van der Waals surface area contributed by atoms with E-state index in [-0.39, 0.29) is 0 Å². The van der Waals surface area contributed by atoms with Crippen LogP contribution >= 0.6 is 11.6 Å². The molecule has 1 unspecified atom stereocenters. The molecule has 0 spiro atoms. The van der Waals surface area contributed by atoms with Gasteiger partial charge in [-0.1, -0.05) is 11.6 Å². The van der Waals surface area contributed by atoms with Crippen LogP contribution in [0.4, 0.5) is 0 Å². The van der Waals surface area contributed by atoms with Gasteiger partial charge in [-0.25, -0.2) is 0 Å². The first kappa shape index (κ1) is 12.5.